The van der Waals surface area contributed by atoms with Gasteiger partial charge in [-0.1, -0.05) is 25.7 Å². The highest BCUT2D eigenvalue weighted by Gasteiger charge is 2.22. The summed E-state index contributed by atoms with van der Waals surface area (Å²) in [6, 6.07) is 0. The quantitative estimate of drug-likeness (QED) is 0.644. The topological polar surface area (TPSA) is 57.5 Å². The zero-order chi connectivity index (χ0) is 8.27. The number of carboxylic acids is 1. The van der Waals surface area contributed by atoms with Crippen molar-refractivity contribution in [1.82, 2.24) is 0 Å². The van der Waals surface area contributed by atoms with Gasteiger partial charge in [0.2, 0.25) is 0 Å². The summed E-state index contributed by atoms with van der Waals surface area (Å²) in [6.45, 7) is 0. The van der Waals surface area contributed by atoms with Crippen LogP contribution in [0.2, 0.25) is 0 Å². The molecule has 0 radical (unpaired) electrons. The van der Waals surface area contributed by atoms with Gasteiger partial charge in [-0.3, -0.25) is 0 Å². The van der Waals surface area contributed by atoms with Gasteiger partial charge in [-0.05, 0) is 12.3 Å². The molecule has 0 amide bonds. The highest BCUT2D eigenvalue weighted by Crippen LogP contribution is 2.28. The molecule has 1 atom stereocenters. The molecular weight excluding hydrogens is 144 g/mol. The van der Waals surface area contributed by atoms with Crippen molar-refractivity contribution in [2.75, 3.05) is 0 Å². The molecule has 0 unspecified atom stereocenters. The third-order valence-corrected chi connectivity index (χ3v) is 2.32. The molecule has 2 N–H and O–H groups in total. The summed E-state index contributed by atoms with van der Waals surface area (Å²) in [5, 5.41) is 17.4. The van der Waals surface area contributed by atoms with Crippen LogP contribution in [-0.4, -0.2) is 22.3 Å². The van der Waals surface area contributed by atoms with Gasteiger partial charge in [0, 0.05) is 0 Å². The van der Waals surface area contributed by atoms with Crippen LogP contribution in [0.1, 0.15) is 32.1 Å². The first-order valence-electron chi connectivity index (χ1n) is 4.11. The molecule has 0 aromatic heterocycles. The zero-order valence-electron chi connectivity index (χ0n) is 6.49. The lowest BCUT2D eigenvalue weighted by Crippen LogP contribution is -2.21. The number of hydrogen-bond acceptors (Lipinski definition) is 2. The molecule has 0 bridgehead atoms. The molecule has 3 heteroatoms. The first-order valence-corrected chi connectivity index (χ1v) is 4.11. The maximum absolute atomic E-state index is 10.2. The molecule has 1 aliphatic rings. The Balaban J connectivity index is 2.23. The Labute approximate surface area is 66.0 Å². The lowest BCUT2D eigenvalue weighted by molar-refractivity contribution is -0.147. The molecule has 3 nitrogen and oxygen atoms in total. The summed E-state index contributed by atoms with van der Waals surface area (Å²) in [5.74, 6) is -0.641. The number of aliphatic hydroxyl groups is 1. The lowest BCUT2D eigenvalue weighted by Gasteiger charge is -2.10. The predicted octanol–water partition coefficient (Wildman–Crippen LogP) is 1.01. The Morgan fingerprint density at radius 3 is 2.45 bits per heavy atom. The monoisotopic (exact) mass is 158 g/mol. The fourth-order valence-electron chi connectivity index (χ4n) is 1.66. The van der Waals surface area contributed by atoms with Gasteiger partial charge in [-0.25, -0.2) is 4.79 Å². The van der Waals surface area contributed by atoms with E-state index in [1.807, 2.05) is 0 Å². The minimum Gasteiger partial charge on any atom is -0.479 e. The van der Waals surface area contributed by atoms with Gasteiger partial charge >= 0.3 is 5.97 Å². The van der Waals surface area contributed by atoms with Crippen molar-refractivity contribution >= 4 is 5.97 Å². The first-order chi connectivity index (χ1) is 5.20. The molecule has 11 heavy (non-hydrogen) atoms. The van der Waals surface area contributed by atoms with E-state index in [1.54, 1.807) is 0 Å². The standard InChI is InChI=1S/C8H14O3/c9-7(8(10)11)5-6-3-1-2-4-6/h6-7,9H,1-5H2,(H,10,11)/t7-/m1/s1. The van der Waals surface area contributed by atoms with Crippen molar-refractivity contribution in [2.45, 2.75) is 38.2 Å². The van der Waals surface area contributed by atoms with Crippen molar-refractivity contribution in [3.05, 3.63) is 0 Å². The fraction of sp³-hybridized carbons (Fsp3) is 0.875. The Bertz CT molecular complexity index is 138. The smallest absolute Gasteiger partial charge is 0.332 e. The van der Waals surface area contributed by atoms with Crippen LogP contribution in [-0.2, 0) is 4.79 Å². The number of carbonyl (C=O) groups is 1. The largest absolute Gasteiger partial charge is 0.479 e. The van der Waals surface area contributed by atoms with Crippen LogP contribution >= 0.6 is 0 Å². The molecule has 1 rings (SSSR count). The number of hydrogen-bond donors (Lipinski definition) is 2. The van der Waals surface area contributed by atoms with E-state index in [0.29, 0.717) is 12.3 Å². The molecule has 64 valence electrons. The fourth-order valence-corrected chi connectivity index (χ4v) is 1.66. The van der Waals surface area contributed by atoms with E-state index >= 15 is 0 Å². The molecule has 1 saturated carbocycles. The van der Waals surface area contributed by atoms with E-state index in [1.165, 1.54) is 12.8 Å². The van der Waals surface area contributed by atoms with Crippen molar-refractivity contribution < 1.29 is 15.0 Å². The Kier molecular flexibility index (Phi) is 2.88. The molecule has 1 fully saturated rings. The average molecular weight is 158 g/mol. The third-order valence-electron chi connectivity index (χ3n) is 2.32. The van der Waals surface area contributed by atoms with Crippen molar-refractivity contribution in [1.29, 1.82) is 0 Å². The van der Waals surface area contributed by atoms with Gasteiger partial charge in [0.1, 0.15) is 0 Å². The van der Waals surface area contributed by atoms with Crippen LogP contribution in [0.25, 0.3) is 0 Å². The highest BCUT2D eigenvalue weighted by molar-refractivity contribution is 5.71. The normalized spacial score (nSPS) is 21.9. The SMILES string of the molecule is O=C(O)[C@H](O)CC1CCCC1. The van der Waals surface area contributed by atoms with Gasteiger partial charge in [-0.15, -0.1) is 0 Å². The third kappa shape index (κ3) is 2.50. The van der Waals surface area contributed by atoms with E-state index in [-0.39, 0.29) is 0 Å². The molecule has 0 aromatic carbocycles. The van der Waals surface area contributed by atoms with Crippen molar-refractivity contribution in [3.63, 3.8) is 0 Å². The van der Waals surface area contributed by atoms with Crippen LogP contribution in [0.5, 0.6) is 0 Å². The summed E-state index contributed by atoms with van der Waals surface area (Å²) in [5.41, 5.74) is 0. The van der Waals surface area contributed by atoms with Crippen LogP contribution < -0.4 is 0 Å². The van der Waals surface area contributed by atoms with Crippen LogP contribution in [0.3, 0.4) is 0 Å². The minimum absolute atomic E-state index is 0.440. The van der Waals surface area contributed by atoms with E-state index in [9.17, 15) is 4.79 Å². The molecular formula is C8H14O3. The van der Waals surface area contributed by atoms with E-state index in [4.69, 9.17) is 10.2 Å². The second-order valence-corrected chi connectivity index (χ2v) is 3.24. The average Bonchev–Trinajstić information content (AvgIpc) is 2.39. The number of aliphatic carboxylic acids is 1. The van der Waals surface area contributed by atoms with Crippen LogP contribution in [0.4, 0.5) is 0 Å². The van der Waals surface area contributed by atoms with Crippen molar-refractivity contribution in [3.8, 4) is 0 Å². The number of carboxylic acid groups (broad SMARTS) is 1. The Morgan fingerprint density at radius 2 is 2.00 bits per heavy atom. The van der Waals surface area contributed by atoms with Gasteiger partial charge in [-0.2, -0.15) is 0 Å². The van der Waals surface area contributed by atoms with E-state index in [0.717, 1.165) is 12.8 Å². The summed E-state index contributed by atoms with van der Waals surface area (Å²) < 4.78 is 0. The molecule has 0 aliphatic heterocycles. The van der Waals surface area contributed by atoms with Gasteiger partial charge < -0.3 is 10.2 Å². The van der Waals surface area contributed by atoms with Gasteiger partial charge in [0.25, 0.3) is 0 Å². The molecule has 0 spiro atoms. The Morgan fingerprint density at radius 1 is 1.45 bits per heavy atom. The summed E-state index contributed by atoms with van der Waals surface area (Å²) in [4.78, 5) is 10.2. The van der Waals surface area contributed by atoms with Crippen LogP contribution in [0, 0.1) is 5.92 Å². The van der Waals surface area contributed by atoms with Crippen LogP contribution in [0.15, 0.2) is 0 Å². The molecule has 0 saturated heterocycles. The number of aliphatic hydroxyl groups excluding tert-OH is 1. The molecule has 0 heterocycles. The maximum atomic E-state index is 10.2. The summed E-state index contributed by atoms with van der Waals surface area (Å²) >= 11 is 0. The first kappa shape index (κ1) is 8.53. The zero-order valence-corrected chi connectivity index (χ0v) is 6.49. The summed E-state index contributed by atoms with van der Waals surface area (Å²) in [6.07, 6.45) is 3.86. The van der Waals surface area contributed by atoms with Crippen molar-refractivity contribution in [2.24, 2.45) is 5.92 Å². The van der Waals surface area contributed by atoms with Gasteiger partial charge in [0.15, 0.2) is 6.10 Å². The highest BCUT2D eigenvalue weighted by atomic mass is 16.4. The molecule has 0 aromatic rings. The Hall–Kier alpha value is -0.570. The number of rotatable bonds is 3. The predicted molar refractivity (Wildman–Crippen MR) is 40.2 cm³/mol. The van der Waals surface area contributed by atoms with Gasteiger partial charge in [0.05, 0.1) is 0 Å². The maximum Gasteiger partial charge on any atom is 0.332 e. The van der Waals surface area contributed by atoms with E-state index in [2.05, 4.69) is 0 Å². The minimum atomic E-state index is -1.14. The molecule has 1 aliphatic carbocycles. The lowest BCUT2D eigenvalue weighted by atomic mass is 10.0. The van der Waals surface area contributed by atoms with E-state index < -0.39 is 12.1 Å². The summed E-state index contributed by atoms with van der Waals surface area (Å²) in [7, 11) is 0. The second-order valence-electron chi connectivity index (χ2n) is 3.24. The second kappa shape index (κ2) is 3.72.